The van der Waals surface area contributed by atoms with Crippen LogP contribution in [0.4, 0.5) is 17.2 Å². The molecule has 1 aromatic heterocycles. The second-order valence-electron chi connectivity index (χ2n) is 5.16. The molecule has 0 aliphatic carbocycles. The molecule has 0 bridgehead atoms. The summed E-state index contributed by atoms with van der Waals surface area (Å²) >= 11 is 3.45. The van der Waals surface area contributed by atoms with Gasteiger partial charge in [0.15, 0.2) is 0 Å². The van der Waals surface area contributed by atoms with Gasteiger partial charge in [0.1, 0.15) is 12.1 Å². The summed E-state index contributed by atoms with van der Waals surface area (Å²) in [7, 11) is 1.70. The topological polar surface area (TPSA) is 58.1 Å². The highest BCUT2D eigenvalue weighted by Gasteiger charge is 2.11. The zero-order valence-corrected chi connectivity index (χ0v) is 14.6. The fraction of sp³-hybridized carbons (Fsp3) is 0.0556. The minimum atomic E-state index is -0.173. The predicted octanol–water partition coefficient (Wildman–Crippen LogP) is 4.28. The highest BCUT2D eigenvalue weighted by Crippen LogP contribution is 2.28. The third-order valence-corrected chi connectivity index (χ3v) is 4.09. The van der Waals surface area contributed by atoms with Gasteiger partial charge in [-0.3, -0.25) is 4.79 Å². The monoisotopic (exact) mass is 382 g/mol. The molecule has 0 saturated heterocycles. The Morgan fingerprint density at radius 3 is 2.83 bits per heavy atom. The van der Waals surface area contributed by atoms with Crippen LogP contribution in [0.5, 0.6) is 0 Å². The quantitative estimate of drug-likeness (QED) is 0.683. The van der Waals surface area contributed by atoms with Crippen LogP contribution in [-0.2, 0) is 4.79 Å². The number of nitrogens with one attached hydrogen (secondary N) is 1. The molecular formula is C18H15BrN4O. The van der Waals surface area contributed by atoms with E-state index in [1.54, 1.807) is 7.05 Å². The molecule has 120 valence electrons. The summed E-state index contributed by atoms with van der Waals surface area (Å²) in [6.45, 7) is 3.52. The van der Waals surface area contributed by atoms with Crippen molar-refractivity contribution in [2.45, 2.75) is 0 Å². The number of halogens is 1. The summed E-state index contributed by atoms with van der Waals surface area (Å²) in [6, 6.07) is 13.4. The summed E-state index contributed by atoms with van der Waals surface area (Å²) in [4.78, 5) is 22.0. The number of carbonyl (C=O) groups is 1. The fourth-order valence-corrected chi connectivity index (χ4v) is 2.72. The molecule has 0 radical (unpaired) electrons. The molecule has 0 atom stereocenters. The van der Waals surface area contributed by atoms with Gasteiger partial charge < -0.3 is 10.2 Å². The number of aromatic nitrogens is 2. The first-order chi connectivity index (χ1) is 11.6. The number of hydrogen-bond acceptors (Lipinski definition) is 4. The van der Waals surface area contributed by atoms with Crippen LogP contribution in [0.15, 0.2) is 65.9 Å². The van der Waals surface area contributed by atoms with E-state index >= 15 is 0 Å². The van der Waals surface area contributed by atoms with Crippen molar-refractivity contribution in [2.75, 3.05) is 17.3 Å². The number of nitrogens with zero attached hydrogens (tertiary/aromatic N) is 3. The Hall–Kier alpha value is -2.73. The van der Waals surface area contributed by atoms with Gasteiger partial charge in [-0.05, 0) is 42.5 Å². The van der Waals surface area contributed by atoms with Crippen molar-refractivity contribution >= 4 is 49.9 Å². The largest absolute Gasteiger partial charge is 0.340 e. The standard InChI is InChI=1S/C18H15BrN4O/c1-3-17(24)23(2)14-7-8-16-15(10-14)18(21-11-20-16)22-13-6-4-5-12(19)9-13/h3-11H,1H2,2H3,(H,20,21,22). The van der Waals surface area contributed by atoms with E-state index in [1.165, 1.54) is 17.3 Å². The maximum absolute atomic E-state index is 11.8. The van der Waals surface area contributed by atoms with Gasteiger partial charge in [-0.2, -0.15) is 0 Å². The van der Waals surface area contributed by atoms with Crippen LogP contribution in [0.2, 0.25) is 0 Å². The second-order valence-corrected chi connectivity index (χ2v) is 6.08. The summed E-state index contributed by atoms with van der Waals surface area (Å²) in [5.74, 6) is 0.507. The Morgan fingerprint density at radius 1 is 1.25 bits per heavy atom. The van der Waals surface area contributed by atoms with E-state index in [2.05, 4.69) is 37.8 Å². The van der Waals surface area contributed by atoms with Crippen LogP contribution in [0, 0.1) is 0 Å². The molecule has 0 aliphatic heterocycles. The number of benzene rings is 2. The van der Waals surface area contributed by atoms with Crippen molar-refractivity contribution in [3.63, 3.8) is 0 Å². The molecule has 1 heterocycles. The van der Waals surface area contributed by atoms with Crippen molar-refractivity contribution in [2.24, 2.45) is 0 Å². The van der Waals surface area contributed by atoms with E-state index in [9.17, 15) is 4.79 Å². The molecule has 0 aliphatic rings. The zero-order valence-electron chi connectivity index (χ0n) is 13.0. The van der Waals surface area contributed by atoms with E-state index < -0.39 is 0 Å². The summed E-state index contributed by atoms with van der Waals surface area (Å²) in [6.07, 6.45) is 2.80. The molecule has 0 unspecified atom stereocenters. The van der Waals surface area contributed by atoms with Gasteiger partial charge in [0.2, 0.25) is 5.91 Å². The van der Waals surface area contributed by atoms with Gasteiger partial charge in [0, 0.05) is 28.3 Å². The van der Waals surface area contributed by atoms with Gasteiger partial charge in [0.05, 0.1) is 5.52 Å². The van der Waals surface area contributed by atoms with Crippen LogP contribution < -0.4 is 10.2 Å². The Bertz CT molecular complexity index is 926. The molecule has 3 rings (SSSR count). The Balaban J connectivity index is 2.04. The lowest BCUT2D eigenvalue weighted by Gasteiger charge is -2.16. The molecule has 24 heavy (non-hydrogen) atoms. The average Bonchev–Trinajstić information content (AvgIpc) is 2.60. The normalized spacial score (nSPS) is 10.4. The van der Waals surface area contributed by atoms with Crippen molar-refractivity contribution in [1.82, 2.24) is 9.97 Å². The van der Waals surface area contributed by atoms with E-state index in [0.717, 1.165) is 26.8 Å². The van der Waals surface area contributed by atoms with Crippen molar-refractivity contribution in [3.8, 4) is 0 Å². The molecule has 3 aromatic rings. The minimum absolute atomic E-state index is 0.173. The van der Waals surface area contributed by atoms with Crippen molar-refractivity contribution in [1.29, 1.82) is 0 Å². The third kappa shape index (κ3) is 3.28. The van der Waals surface area contributed by atoms with E-state index in [-0.39, 0.29) is 5.91 Å². The number of likely N-dealkylation sites (N-methyl/N-ethyl adjacent to an activating group) is 1. The van der Waals surface area contributed by atoms with E-state index in [0.29, 0.717) is 5.82 Å². The summed E-state index contributed by atoms with van der Waals surface area (Å²) < 4.78 is 0.975. The number of fused-ring (bicyclic) bond motifs is 1. The lowest BCUT2D eigenvalue weighted by atomic mass is 10.2. The second kappa shape index (κ2) is 6.80. The lowest BCUT2D eigenvalue weighted by Crippen LogP contribution is -2.23. The number of hydrogen-bond donors (Lipinski definition) is 1. The van der Waals surface area contributed by atoms with Gasteiger partial charge in [-0.1, -0.05) is 28.6 Å². The highest BCUT2D eigenvalue weighted by atomic mass is 79.9. The molecule has 0 fully saturated rings. The Kier molecular flexibility index (Phi) is 4.57. The molecule has 2 aromatic carbocycles. The van der Waals surface area contributed by atoms with Gasteiger partial charge in [-0.25, -0.2) is 9.97 Å². The van der Waals surface area contributed by atoms with Crippen LogP contribution in [0.1, 0.15) is 0 Å². The number of amides is 1. The molecule has 6 heteroatoms. The molecule has 1 N–H and O–H groups in total. The van der Waals surface area contributed by atoms with Gasteiger partial charge in [0.25, 0.3) is 0 Å². The molecule has 1 amide bonds. The zero-order chi connectivity index (χ0) is 17.1. The van der Waals surface area contributed by atoms with Gasteiger partial charge in [-0.15, -0.1) is 0 Å². The third-order valence-electron chi connectivity index (χ3n) is 3.60. The van der Waals surface area contributed by atoms with Crippen LogP contribution in [0.3, 0.4) is 0 Å². The van der Waals surface area contributed by atoms with E-state index in [4.69, 9.17) is 0 Å². The molecular weight excluding hydrogens is 368 g/mol. The fourth-order valence-electron chi connectivity index (χ4n) is 2.32. The lowest BCUT2D eigenvalue weighted by molar-refractivity contribution is -0.113. The predicted molar refractivity (Wildman–Crippen MR) is 101 cm³/mol. The maximum atomic E-state index is 11.8. The summed E-state index contributed by atoms with van der Waals surface area (Å²) in [5, 5.41) is 4.12. The first-order valence-corrected chi connectivity index (χ1v) is 8.05. The van der Waals surface area contributed by atoms with Crippen molar-refractivity contribution in [3.05, 3.63) is 65.9 Å². The number of anilines is 3. The first kappa shape index (κ1) is 16.1. The first-order valence-electron chi connectivity index (χ1n) is 7.26. The molecule has 5 nitrogen and oxygen atoms in total. The smallest absolute Gasteiger partial charge is 0.250 e. The molecule has 0 saturated carbocycles. The molecule has 0 spiro atoms. The van der Waals surface area contributed by atoms with E-state index in [1.807, 2.05) is 42.5 Å². The van der Waals surface area contributed by atoms with Crippen LogP contribution >= 0.6 is 15.9 Å². The van der Waals surface area contributed by atoms with Gasteiger partial charge >= 0.3 is 0 Å². The maximum Gasteiger partial charge on any atom is 0.250 e. The minimum Gasteiger partial charge on any atom is -0.340 e. The number of rotatable bonds is 4. The highest BCUT2D eigenvalue weighted by molar-refractivity contribution is 9.10. The Labute approximate surface area is 148 Å². The summed E-state index contributed by atoms with van der Waals surface area (Å²) in [5.41, 5.74) is 2.45. The SMILES string of the molecule is C=CC(=O)N(C)c1ccc2ncnc(Nc3cccc(Br)c3)c2c1. The van der Waals surface area contributed by atoms with Crippen LogP contribution in [-0.4, -0.2) is 22.9 Å². The van der Waals surface area contributed by atoms with Crippen LogP contribution in [0.25, 0.3) is 10.9 Å². The Morgan fingerprint density at radius 2 is 2.08 bits per heavy atom. The number of carbonyl (C=O) groups excluding carboxylic acids is 1. The average molecular weight is 383 g/mol. The van der Waals surface area contributed by atoms with Crippen molar-refractivity contribution < 1.29 is 4.79 Å².